The molecule has 0 radical (unpaired) electrons. The highest BCUT2D eigenvalue weighted by molar-refractivity contribution is 7.27. The molecule has 4 heteroatoms. The molecule has 0 fully saturated rings. The van der Waals surface area contributed by atoms with Crippen LogP contribution in [-0.4, -0.2) is 15.0 Å². The lowest BCUT2D eigenvalue weighted by Gasteiger charge is -2.10. The zero-order chi connectivity index (χ0) is 14.1. The molecule has 3 aromatic rings. The van der Waals surface area contributed by atoms with Crippen LogP contribution >= 0.6 is 9.24 Å². The number of hydrogen-bond donors (Lipinski definition) is 0. The Labute approximate surface area is 120 Å². The normalized spacial score (nSPS) is 10.8. The monoisotopic (exact) mass is 281 g/mol. The van der Waals surface area contributed by atoms with Crippen LogP contribution in [0.4, 0.5) is 0 Å². The Kier molecular flexibility index (Phi) is 3.37. The SMILES string of the molecule is Cc1cccc(P)c1-n1nnc(-c2ccccc2)c1C. The van der Waals surface area contributed by atoms with E-state index >= 15 is 0 Å². The third-order valence-electron chi connectivity index (χ3n) is 3.42. The van der Waals surface area contributed by atoms with Crippen LogP contribution in [0.5, 0.6) is 0 Å². The van der Waals surface area contributed by atoms with E-state index in [1.54, 1.807) is 0 Å². The first-order valence-corrected chi connectivity index (χ1v) is 7.09. The van der Waals surface area contributed by atoms with Gasteiger partial charge in [-0.1, -0.05) is 53.7 Å². The van der Waals surface area contributed by atoms with Crippen molar-refractivity contribution in [3.8, 4) is 16.9 Å². The first-order chi connectivity index (χ1) is 9.68. The molecule has 2 aromatic carbocycles. The Hall–Kier alpha value is -1.99. The zero-order valence-corrected chi connectivity index (χ0v) is 12.7. The summed E-state index contributed by atoms with van der Waals surface area (Å²) >= 11 is 0. The highest BCUT2D eigenvalue weighted by atomic mass is 31.0. The number of para-hydroxylation sites is 1. The molecule has 3 nitrogen and oxygen atoms in total. The summed E-state index contributed by atoms with van der Waals surface area (Å²) in [6, 6.07) is 16.4. The number of hydrogen-bond acceptors (Lipinski definition) is 2. The quantitative estimate of drug-likeness (QED) is 0.676. The maximum atomic E-state index is 4.35. The van der Waals surface area contributed by atoms with Gasteiger partial charge in [-0.3, -0.25) is 0 Å². The van der Waals surface area contributed by atoms with Crippen molar-refractivity contribution in [2.24, 2.45) is 0 Å². The maximum Gasteiger partial charge on any atom is 0.116 e. The van der Waals surface area contributed by atoms with E-state index in [2.05, 4.69) is 57.7 Å². The van der Waals surface area contributed by atoms with Crippen LogP contribution in [0, 0.1) is 13.8 Å². The van der Waals surface area contributed by atoms with Gasteiger partial charge in [-0.2, -0.15) is 0 Å². The van der Waals surface area contributed by atoms with Gasteiger partial charge in [0.15, 0.2) is 0 Å². The molecule has 1 atom stereocenters. The van der Waals surface area contributed by atoms with Crippen LogP contribution in [0.25, 0.3) is 16.9 Å². The Morgan fingerprint density at radius 2 is 1.70 bits per heavy atom. The van der Waals surface area contributed by atoms with Crippen LogP contribution in [0.15, 0.2) is 48.5 Å². The van der Waals surface area contributed by atoms with Gasteiger partial charge in [-0.25, -0.2) is 4.68 Å². The standard InChI is InChI=1S/C16H16N3P/c1-11-7-6-10-14(20)16(11)19-12(2)15(17-18-19)13-8-4-3-5-9-13/h3-10H,20H2,1-2H3. The Morgan fingerprint density at radius 1 is 0.950 bits per heavy atom. The van der Waals surface area contributed by atoms with E-state index in [0.29, 0.717) is 0 Å². The second-order valence-corrected chi connectivity index (χ2v) is 5.44. The van der Waals surface area contributed by atoms with Crippen LogP contribution in [-0.2, 0) is 0 Å². The fourth-order valence-corrected chi connectivity index (χ4v) is 2.84. The minimum absolute atomic E-state index is 0.929. The average molecular weight is 281 g/mol. The van der Waals surface area contributed by atoms with E-state index in [-0.39, 0.29) is 0 Å². The summed E-state index contributed by atoms with van der Waals surface area (Å²) in [4.78, 5) is 0. The van der Waals surface area contributed by atoms with Crippen LogP contribution in [0.2, 0.25) is 0 Å². The highest BCUT2D eigenvalue weighted by Crippen LogP contribution is 2.23. The smallest absolute Gasteiger partial charge is 0.116 e. The first kappa shape index (κ1) is 13.0. The molecule has 0 aliphatic rings. The average Bonchev–Trinajstić information content (AvgIpc) is 2.82. The predicted octanol–water partition coefficient (Wildman–Crippen LogP) is 3.05. The number of rotatable bonds is 2. The van der Waals surface area contributed by atoms with Gasteiger partial charge < -0.3 is 0 Å². The van der Waals surface area contributed by atoms with E-state index in [4.69, 9.17) is 0 Å². The first-order valence-electron chi connectivity index (χ1n) is 6.51. The summed E-state index contributed by atoms with van der Waals surface area (Å²) in [6.45, 7) is 4.14. The summed E-state index contributed by atoms with van der Waals surface area (Å²) < 4.78 is 1.92. The Bertz CT molecular complexity index is 727. The second-order valence-electron chi connectivity index (χ2n) is 4.81. The third-order valence-corrected chi connectivity index (χ3v) is 3.89. The van der Waals surface area contributed by atoms with Crippen molar-refractivity contribution >= 4 is 14.5 Å². The molecule has 20 heavy (non-hydrogen) atoms. The van der Waals surface area contributed by atoms with Gasteiger partial charge in [0.25, 0.3) is 0 Å². The van der Waals surface area contributed by atoms with E-state index < -0.39 is 0 Å². The summed E-state index contributed by atoms with van der Waals surface area (Å²) in [6.07, 6.45) is 0. The van der Waals surface area contributed by atoms with Gasteiger partial charge in [-0.15, -0.1) is 14.3 Å². The van der Waals surface area contributed by atoms with Crippen molar-refractivity contribution in [2.75, 3.05) is 0 Å². The number of aryl methyl sites for hydroxylation is 1. The molecule has 0 spiro atoms. The number of aromatic nitrogens is 3. The van der Waals surface area contributed by atoms with Crippen LogP contribution in [0.1, 0.15) is 11.3 Å². The molecule has 100 valence electrons. The molecular weight excluding hydrogens is 265 g/mol. The predicted molar refractivity (Wildman–Crippen MR) is 85.6 cm³/mol. The summed E-state index contributed by atoms with van der Waals surface area (Å²) in [5.74, 6) is 0. The minimum atomic E-state index is 0.929. The number of nitrogens with zero attached hydrogens (tertiary/aromatic N) is 3. The van der Waals surface area contributed by atoms with E-state index in [0.717, 1.165) is 27.9 Å². The topological polar surface area (TPSA) is 30.7 Å². The molecule has 1 aromatic heterocycles. The van der Waals surface area contributed by atoms with Gasteiger partial charge in [0.1, 0.15) is 5.69 Å². The summed E-state index contributed by atoms with van der Waals surface area (Å²) in [5, 5.41) is 9.81. The maximum absolute atomic E-state index is 4.35. The van der Waals surface area contributed by atoms with Gasteiger partial charge in [-0.05, 0) is 24.7 Å². The number of benzene rings is 2. The molecule has 0 saturated heterocycles. The van der Waals surface area contributed by atoms with Crippen LogP contribution < -0.4 is 5.30 Å². The molecule has 0 N–H and O–H groups in total. The molecule has 3 rings (SSSR count). The molecule has 0 aliphatic carbocycles. The molecular formula is C16H16N3P. The molecule has 1 heterocycles. The molecule has 0 saturated carbocycles. The van der Waals surface area contributed by atoms with E-state index in [1.165, 1.54) is 5.56 Å². The molecule has 0 amide bonds. The van der Waals surface area contributed by atoms with Gasteiger partial charge >= 0.3 is 0 Å². The summed E-state index contributed by atoms with van der Waals surface area (Å²) in [7, 11) is 2.77. The lowest BCUT2D eigenvalue weighted by atomic mass is 10.1. The Balaban J connectivity index is 2.17. The highest BCUT2D eigenvalue weighted by Gasteiger charge is 2.14. The van der Waals surface area contributed by atoms with Gasteiger partial charge in [0.05, 0.1) is 11.4 Å². The minimum Gasteiger partial charge on any atom is -0.216 e. The van der Waals surface area contributed by atoms with E-state index in [1.807, 2.05) is 28.9 Å². The fraction of sp³-hybridized carbons (Fsp3) is 0.125. The molecule has 1 unspecified atom stereocenters. The lowest BCUT2D eigenvalue weighted by Crippen LogP contribution is -2.11. The van der Waals surface area contributed by atoms with Crippen molar-refractivity contribution in [2.45, 2.75) is 13.8 Å². The fourth-order valence-electron chi connectivity index (χ4n) is 2.38. The van der Waals surface area contributed by atoms with Crippen molar-refractivity contribution in [3.05, 3.63) is 59.8 Å². The summed E-state index contributed by atoms with van der Waals surface area (Å²) in [5.41, 5.74) is 5.34. The lowest BCUT2D eigenvalue weighted by molar-refractivity contribution is 0.784. The van der Waals surface area contributed by atoms with Crippen molar-refractivity contribution in [1.29, 1.82) is 0 Å². The van der Waals surface area contributed by atoms with Gasteiger partial charge in [0, 0.05) is 5.56 Å². The second kappa shape index (κ2) is 5.18. The van der Waals surface area contributed by atoms with Crippen molar-refractivity contribution in [1.82, 2.24) is 15.0 Å². The molecule has 0 aliphatic heterocycles. The third kappa shape index (κ3) is 2.14. The van der Waals surface area contributed by atoms with Crippen molar-refractivity contribution < 1.29 is 0 Å². The zero-order valence-electron chi connectivity index (χ0n) is 11.5. The van der Waals surface area contributed by atoms with Crippen LogP contribution in [0.3, 0.4) is 0 Å². The largest absolute Gasteiger partial charge is 0.216 e. The van der Waals surface area contributed by atoms with E-state index in [9.17, 15) is 0 Å². The Morgan fingerprint density at radius 3 is 2.40 bits per heavy atom. The molecule has 0 bridgehead atoms. The van der Waals surface area contributed by atoms with Crippen molar-refractivity contribution in [3.63, 3.8) is 0 Å². The van der Waals surface area contributed by atoms with Gasteiger partial charge in [0.2, 0.25) is 0 Å².